The molecule has 1 heterocycles. The van der Waals surface area contributed by atoms with Gasteiger partial charge < -0.3 is 10.5 Å². The van der Waals surface area contributed by atoms with Crippen molar-refractivity contribution in [3.05, 3.63) is 24.3 Å². The Balaban J connectivity index is 0.00000288. The Kier molecular flexibility index (Phi) is 7.85. The molecule has 0 aromatic heterocycles. The molecule has 0 amide bonds. The van der Waals surface area contributed by atoms with Gasteiger partial charge in [0.25, 0.3) is 6.43 Å². The van der Waals surface area contributed by atoms with Crippen molar-refractivity contribution in [2.24, 2.45) is 11.7 Å². The number of benzene rings is 1. The summed E-state index contributed by atoms with van der Waals surface area (Å²) in [6, 6.07) is 5.49. The monoisotopic (exact) mass is 384 g/mol. The first kappa shape index (κ1) is 21.1. The van der Waals surface area contributed by atoms with Crippen LogP contribution >= 0.6 is 12.4 Å². The van der Waals surface area contributed by atoms with Gasteiger partial charge in [-0.05, 0) is 49.9 Å². The number of ether oxygens (including phenoxy) is 1. The molecule has 1 aromatic carbocycles. The van der Waals surface area contributed by atoms with Crippen molar-refractivity contribution in [1.29, 1.82) is 0 Å². The van der Waals surface area contributed by atoms with Crippen LogP contribution in [0.25, 0.3) is 0 Å². The highest BCUT2D eigenvalue weighted by atomic mass is 35.5. The van der Waals surface area contributed by atoms with E-state index in [1.54, 1.807) is 0 Å². The molecule has 24 heavy (non-hydrogen) atoms. The molecule has 0 aliphatic carbocycles. The zero-order chi connectivity index (χ0) is 17.0. The van der Waals surface area contributed by atoms with Crippen molar-refractivity contribution in [3.63, 3.8) is 0 Å². The van der Waals surface area contributed by atoms with Crippen molar-refractivity contribution in [2.75, 3.05) is 19.7 Å². The molecule has 1 aliphatic heterocycles. The van der Waals surface area contributed by atoms with Gasteiger partial charge in [0.15, 0.2) is 0 Å². The van der Waals surface area contributed by atoms with E-state index in [2.05, 4.69) is 0 Å². The molecule has 2 atom stereocenters. The predicted molar refractivity (Wildman–Crippen MR) is 90.3 cm³/mol. The van der Waals surface area contributed by atoms with Crippen LogP contribution in [0.4, 0.5) is 8.78 Å². The first-order valence-electron chi connectivity index (χ1n) is 7.57. The topological polar surface area (TPSA) is 72.6 Å². The summed E-state index contributed by atoms with van der Waals surface area (Å²) in [5.41, 5.74) is 5.89. The maximum atomic E-state index is 12.7. The molecule has 138 valence electrons. The largest absolute Gasteiger partial charge is 0.488 e. The fraction of sp³-hybridized carbons (Fsp3) is 0.600. The van der Waals surface area contributed by atoms with Crippen molar-refractivity contribution in [3.8, 4) is 5.75 Å². The number of hydrogen-bond donors (Lipinski definition) is 1. The van der Waals surface area contributed by atoms with Crippen LogP contribution < -0.4 is 10.5 Å². The number of nitrogens with two attached hydrogens (primary N) is 1. The van der Waals surface area contributed by atoms with E-state index in [0.29, 0.717) is 13.1 Å². The Morgan fingerprint density at radius 2 is 1.96 bits per heavy atom. The predicted octanol–water partition coefficient (Wildman–Crippen LogP) is 2.50. The van der Waals surface area contributed by atoms with E-state index < -0.39 is 23.1 Å². The van der Waals surface area contributed by atoms with E-state index >= 15 is 0 Å². The minimum atomic E-state index is -3.60. The molecule has 1 fully saturated rings. The molecule has 0 radical (unpaired) electrons. The van der Waals surface area contributed by atoms with Crippen LogP contribution in [0.2, 0.25) is 0 Å². The van der Waals surface area contributed by atoms with E-state index in [1.807, 2.05) is 6.92 Å². The summed E-state index contributed by atoms with van der Waals surface area (Å²) in [7, 11) is -3.60. The van der Waals surface area contributed by atoms with Gasteiger partial charge in [-0.2, -0.15) is 4.31 Å². The molecular formula is C15H23ClF2N2O3S. The summed E-state index contributed by atoms with van der Waals surface area (Å²) >= 11 is 0. The second-order valence-electron chi connectivity index (χ2n) is 5.80. The average Bonchev–Trinajstić information content (AvgIpc) is 2.53. The minimum Gasteiger partial charge on any atom is -0.488 e. The van der Waals surface area contributed by atoms with Gasteiger partial charge in [-0.15, -0.1) is 12.4 Å². The Bertz CT molecular complexity index is 612. The first-order chi connectivity index (χ1) is 10.8. The molecule has 1 aromatic rings. The lowest BCUT2D eigenvalue weighted by Crippen LogP contribution is -2.44. The van der Waals surface area contributed by atoms with Crippen LogP contribution in [0.3, 0.4) is 0 Å². The highest BCUT2D eigenvalue weighted by Gasteiger charge is 2.31. The number of piperidine rings is 1. The Labute approximate surface area is 147 Å². The smallest absolute Gasteiger partial charge is 0.272 e. The van der Waals surface area contributed by atoms with E-state index in [4.69, 9.17) is 10.5 Å². The summed E-state index contributed by atoms with van der Waals surface area (Å²) < 4.78 is 55.8. The molecule has 5 nitrogen and oxygen atoms in total. The molecule has 0 saturated carbocycles. The Morgan fingerprint density at radius 1 is 1.33 bits per heavy atom. The van der Waals surface area contributed by atoms with Gasteiger partial charge in [-0.3, -0.25) is 0 Å². The van der Waals surface area contributed by atoms with Crippen LogP contribution in [0, 0.1) is 5.92 Å². The van der Waals surface area contributed by atoms with Crippen molar-refractivity contribution < 1.29 is 21.9 Å². The number of rotatable bonds is 6. The summed E-state index contributed by atoms with van der Waals surface area (Å²) in [5, 5.41) is 0. The Hall–Kier alpha value is -0.960. The van der Waals surface area contributed by atoms with E-state index in [1.165, 1.54) is 28.6 Å². The van der Waals surface area contributed by atoms with Crippen LogP contribution in [0.5, 0.6) is 5.75 Å². The fourth-order valence-corrected chi connectivity index (χ4v) is 4.17. The van der Waals surface area contributed by atoms with Crippen LogP contribution in [0.15, 0.2) is 29.2 Å². The number of halogens is 3. The van der Waals surface area contributed by atoms with Gasteiger partial charge in [0.05, 0.1) is 4.90 Å². The van der Waals surface area contributed by atoms with E-state index in [0.717, 1.165) is 12.8 Å². The molecule has 2 unspecified atom stereocenters. The summed E-state index contributed by atoms with van der Waals surface area (Å²) in [4.78, 5) is 0.132. The maximum Gasteiger partial charge on any atom is 0.272 e. The molecule has 1 saturated heterocycles. The third kappa shape index (κ3) is 5.27. The number of sulfonamides is 1. The van der Waals surface area contributed by atoms with Crippen LogP contribution in [-0.4, -0.2) is 44.9 Å². The third-order valence-electron chi connectivity index (χ3n) is 4.00. The van der Waals surface area contributed by atoms with Crippen LogP contribution in [0.1, 0.15) is 19.8 Å². The number of alkyl halides is 2. The summed E-state index contributed by atoms with van der Waals surface area (Å²) in [6.07, 6.45) is -0.868. The molecule has 2 rings (SSSR count). The van der Waals surface area contributed by atoms with E-state index in [-0.39, 0.29) is 35.0 Å². The highest BCUT2D eigenvalue weighted by molar-refractivity contribution is 7.89. The van der Waals surface area contributed by atoms with Gasteiger partial charge >= 0.3 is 0 Å². The zero-order valence-electron chi connectivity index (χ0n) is 13.4. The quantitative estimate of drug-likeness (QED) is 0.817. The van der Waals surface area contributed by atoms with Crippen molar-refractivity contribution in [1.82, 2.24) is 4.31 Å². The van der Waals surface area contributed by atoms with Gasteiger partial charge in [0.2, 0.25) is 10.0 Å². The van der Waals surface area contributed by atoms with Gasteiger partial charge in [0, 0.05) is 19.1 Å². The standard InChI is InChI=1S/C15H22F2N2O3S.ClH/c1-11(18)12-3-2-8-19(9-12)23(20,21)14-6-4-13(5-7-14)22-10-15(16)17;/h4-7,11-12,15H,2-3,8-10,18H2,1H3;1H. The second kappa shape index (κ2) is 8.94. The summed E-state index contributed by atoms with van der Waals surface area (Å²) in [6.45, 7) is 2.04. The van der Waals surface area contributed by atoms with Crippen molar-refractivity contribution >= 4 is 22.4 Å². The normalized spacial score (nSPS) is 20.5. The molecule has 1 aliphatic rings. The maximum absolute atomic E-state index is 12.7. The Morgan fingerprint density at radius 3 is 2.50 bits per heavy atom. The van der Waals surface area contributed by atoms with Gasteiger partial charge in [0.1, 0.15) is 12.4 Å². The second-order valence-corrected chi connectivity index (χ2v) is 7.74. The lowest BCUT2D eigenvalue weighted by molar-refractivity contribution is 0.0819. The minimum absolute atomic E-state index is 0. The molecule has 0 spiro atoms. The zero-order valence-corrected chi connectivity index (χ0v) is 15.0. The highest BCUT2D eigenvalue weighted by Crippen LogP contribution is 2.26. The lowest BCUT2D eigenvalue weighted by atomic mass is 9.93. The summed E-state index contributed by atoms with van der Waals surface area (Å²) in [5.74, 6) is 0.364. The third-order valence-corrected chi connectivity index (χ3v) is 5.88. The fourth-order valence-electron chi connectivity index (χ4n) is 2.64. The lowest BCUT2D eigenvalue weighted by Gasteiger charge is -2.33. The van der Waals surface area contributed by atoms with Crippen molar-refractivity contribution in [2.45, 2.75) is 37.1 Å². The SMILES string of the molecule is CC(N)C1CCCN(S(=O)(=O)c2ccc(OCC(F)F)cc2)C1.Cl. The number of hydrogen-bond acceptors (Lipinski definition) is 4. The van der Waals surface area contributed by atoms with E-state index in [9.17, 15) is 17.2 Å². The number of nitrogens with zero attached hydrogens (tertiary/aromatic N) is 1. The van der Waals surface area contributed by atoms with Gasteiger partial charge in [-0.25, -0.2) is 17.2 Å². The van der Waals surface area contributed by atoms with Gasteiger partial charge in [-0.1, -0.05) is 0 Å². The molecule has 9 heteroatoms. The average molecular weight is 385 g/mol. The molecular weight excluding hydrogens is 362 g/mol. The molecule has 0 bridgehead atoms. The first-order valence-corrected chi connectivity index (χ1v) is 9.01. The molecule has 2 N–H and O–H groups in total. The van der Waals surface area contributed by atoms with Crippen LogP contribution in [-0.2, 0) is 10.0 Å².